The first-order valence-electron chi connectivity index (χ1n) is 6.08. The first-order chi connectivity index (χ1) is 8.99. The molecule has 1 heterocycles. The van der Waals surface area contributed by atoms with Crippen molar-refractivity contribution < 1.29 is 24.2 Å². The van der Waals surface area contributed by atoms with Crippen molar-refractivity contribution in [3.63, 3.8) is 0 Å². The molecule has 1 aliphatic rings. The molecule has 0 aliphatic carbocycles. The average molecular weight is 273 g/mol. The van der Waals surface area contributed by atoms with E-state index in [2.05, 4.69) is 10.6 Å². The number of urea groups is 1. The Morgan fingerprint density at radius 1 is 1.32 bits per heavy atom. The standard InChI is InChI=1S/C11H19N3O5/c1-14(7-8-3-2-4-19-8)11(18)13-5-9(15)12-6-10(16)17/h8H,2-7H2,1H3,(H,12,15)(H,13,18)(H,16,17). The van der Waals surface area contributed by atoms with Crippen molar-refractivity contribution in [2.75, 3.05) is 33.3 Å². The Balaban J connectivity index is 2.18. The highest BCUT2D eigenvalue weighted by Crippen LogP contribution is 2.12. The number of ether oxygens (including phenoxy) is 1. The molecular weight excluding hydrogens is 254 g/mol. The zero-order chi connectivity index (χ0) is 14.3. The van der Waals surface area contributed by atoms with E-state index in [1.54, 1.807) is 7.05 Å². The lowest BCUT2D eigenvalue weighted by atomic mass is 10.2. The molecule has 8 heteroatoms. The number of hydrogen-bond donors (Lipinski definition) is 3. The van der Waals surface area contributed by atoms with E-state index >= 15 is 0 Å². The van der Waals surface area contributed by atoms with Gasteiger partial charge in [0.15, 0.2) is 0 Å². The Labute approximate surface area is 111 Å². The zero-order valence-electron chi connectivity index (χ0n) is 10.8. The molecule has 3 N–H and O–H groups in total. The van der Waals surface area contributed by atoms with Crippen LogP contribution in [-0.2, 0) is 14.3 Å². The van der Waals surface area contributed by atoms with Crippen molar-refractivity contribution in [3.05, 3.63) is 0 Å². The highest BCUT2D eigenvalue weighted by molar-refractivity contribution is 5.86. The summed E-state index contributed by atoms with van der Waals surface area (Å²) in [4.78, 5) is 34.5. The van der Waals surface area contributed by atoms with Crippen LogP contribution in [-0.4, -0.2) is 67.3 Å². The van der Waals surface area contributed by atoms with Crippen molar-refractivity contribution >= 4 is 17.9 Å². The number of aliphatic carboxylic acids is 1. The van der Waals surface area contributed by atoms with Gasteiger partial charge in [-0.2, -0.15) is 0 Å². The van der Waals surface area contributed by atoms with Crippen molar-refractivity contribution in [2.45, 2.75) is 18.9 Å². The fourth-order valence-electron chi connectivity index (χ4n) is 1.70. The third kappa shape index (κ3) is 6.05. The second-order valence-electron chi connectivity index (χ2n) is 4.34. The zero-order valence-corrected chi connectivity index (χ0v) is 10.8. The van der Waals surface area contributed by atoms with Gasteiger partial charge >= 0.3 is 12.0 Å². The van der Waals surface area contributed by atoms with E-state index in [4.69, 9.17) is 9.84 Å². The number of carboxylic acids is 1. The minimum absolute atomic E-state index is 0.0524. The second kappa shape index (κ2) is 7.57. The van der Waals surface area contributed by atoms with Gasteiger partial charge in [0.05, 0.1) is 12.6 Å². The number of nitrogens with zero attached hydrogens (tertiary/aromatic N) is 1. The van der Waals surface area contributed by atoms with E-state index in [9.17, 15) is 14.4 Å². The topological polar surface area (TPSA) is 108 Å². The molecule has 0 spiro atoms. The van der Waals surface area contributed by atoms with Crippen molar-refractivity contribution in [2.24, 2.45) is 0 Å². The molecule has 1 saturated heterocycles. The molecule has 1 atom stereocenters. The molecular formula is C11H19N3O5. The number of carboxylic acid groups (broad SMARTS) is 1. The molecule has 1 fully saturated rings. The van der Waals surface area contributed by atoms with Gasteiger partial charge in [-0.05, 0) is 12.8 Å². The maximum Gasteiger partial charge on any atom is 0.322 e. The Kier molecular flexibility index (Phi) is 6.07. The van der Waals surface area contributed by atoms with Crippen LogP contribution in [0.15, 0.2) is 0 Å². The average Bonchev–Trinajstić information content (AvgIpc) is 2.86. The Hall–Kier alpha value is -1.83. The molecule has 8 nitrogen and oxygen atoms in total. The predicted octanol–water partition coefficient (Wildman–Crippen LogP) is -0.992. The molecule has 0 aromatic rings. The Morgan fingerprint density at radius 3 is 2.63 bits per heavy atom. The number of carbonyl (C=O) groups is 3. The van der Waals surface area contributed by atoms with E-state index < -0.39 is 18.4 Å². The molecule has 1 rings (SSSR count). The number of carbonyl (C=O) groups excluding carboxylic acids is 2. The number of nitrogens with one attached hydrogen (secondary N) is 2. The van der Waals surface area contributed by atoms with Crippen LogP contribution in [0.5, 0.6) is 0 Å². The maximum atomic E-state index is 11.6. The summed E-state index contributed by atoms with van der Waals surface area (Å²) in [6.45, 7) is 0.489. The number of rotatable bonds is 6. The summed E-state index contributed by atoms with van der Waals surface area (Å²) in [5.74, 6) is -1.67. The summed E-state index contributed by atoms with van der Waals surface area (Å²) in [5, 5.41) is 12.9. The van der Waals surface area contributed by atoms with E-state index in [0.717, 1.165) is 19.4 Å². The van der Waals surface area contributed by atoms with Crippen LogP contribution in [0.25, 0.3) is 0 Å². The fourth-order valence-corrected chi connectivity index (χ4v) is 1.70. The number of likely N-dealkylation sites (N-methyl/N-ethyl adjacent to an activating group) is 1. The molecule has 108 valence electrons. The minimum atomic E-state index is -1.13. The van der Waals surface area contributed by atoms with Crippen LogP contribution in [0.1, 0.15) is 12.8 Å². The van der Waals surface area contributed by atoms with Gasteiger partial charge in [-0.25, -0.2) is 4.79 Å². The van der Waals surface area contributed by atoms with Gasteiger partial charge in [-0.3, -0.25) is 9.59 Å². The van der Waals surface area contributed by atoms with Crippen LogP contribution in [0, 0.1) is 0 Å². The summed E-state index contributed by atoms with van der Waals surface area (Å²) in [5.41, 5.74) is 0. The molecule has 0 bridgehead atoms. The molecule has 19 heavy (non-hydrogen) atoms. The first-order valence-corrected chi connectivity index (χ1v) is 6.08. The molecule has 1 aliphatic heterocycles. The highest BCUT2D eigenvalue weighted by Gasteiger charge is 2.20. The van der Waals surface area contributed by atoms with Gasteiger partial charge in [0.25, 0.3) is 0 Å². The summed E-state index contributed by atoms with van der Waals surface area (Å²) in [6, 6.07) is -0.388. The lowest BCUT2D eigenvalue weighted by Crippen LogP contribution is -2.45. The lowest BCUT2D eigenvalue weighted by Gasteiger charge is -2.21. The summed E-state index contributed by atoms with van der Waals surface area (Å²) < 4.78 is 5.40. The smallest absolute Gasteiger partial charge is 0.322 e. The van der Waals surface area contributed by atoms with Gasteiger partial charge in [0.1, 0.15) is 6.54 Å². The SMILES string of the molecule is CN(CC1CCCO1)C(=O)NCC(=O)NCC(=O)O. The summed E-state index contributed by atoms with van der Waals surface area (Å²) in [7, 11) is 1.62. The van der Waals surface area contributed by atoms with E-state index in [-0.39, 0.29) is 18.7 Å². The van der Waals surface area contributed by atoms with Crippen molar-refractivity contribution in [1.29, 1.82) is 0 Å². The van der Waals surface area contributed by atoms with E-state index in [1.807, 2.05) is 0 Å². The van der Waals surface area contributed by atoms with Crippen LogP contribution < -0.4 is 10.6 Å². The Morgan fingerprint density at radius 2 is 2.05 bits per heavy atom. The van der Waals surface area contributed by atoms with Gasteiger partial charge < -0.3 is 25.4 Å². The molecule has 0 radical (unpaired) electrons. The third-order valence-electron chi connectivity index (χ3n) is 2.69. The molecule has 1 unspecified atom stereocenters. The Bertz CT molecular complexity index is 341. The van der Waals surface area contributed by atoms with Crippen LogP contribution in [0.3, 0.4) is 0 Å². The van der Waals surface area contributed by atoms with Gasteiger partial charge in [-0.15, -0.1) is 0 Å². The molecule has 0 aromatic heterocycles. The maximum absolute atomic E-state index is 11.6. The number of amides is 3. The van der Waals surface area contributed by atoms with Crippen molar-refractivity contribution in [1.82, 2.24) is 15.5 Å². The summed E-state index contributed by atoms with van der Waals surface area (Å²) in [6.07, 6.45) is 1.98. The third-order valence-corrected chi connectivity index (χ3v) is 2.69. The first kappa shape index (κ1) is 15.2. The quantitative estimate of drug-likeness (QED) is 0.576. The van der Waals surface area contributed by atoms with E-state index in [0.29, 0.717) is 6.54 Å². The van der Waals surface area contributed by atoms with Gasteiger partial charge in [-0.1, -0.05) is 0 Å². The van der Waals surface area contributed by atoms with Crippen LogP contribution in [0.2, 0.25) is 0 Å². The minimum Gasteiger partial charge on any atom is -0.480 e. The van der Waals surface area contributed by atoms with Crippen LogP contribution in [0.4, 0.5) is 4.79 Å². The summed E-state index contributed by atoms with van der Waals surface area (Å²) >= 11 is 0. The van der Waals surface area contributed by atoms with Crippen molar-refractivity contribution in [3.8, 4) is 0 Å². The number of hydrogen-bond acceptors (Lipinski definition) is 4. The van der Waals surface area contributed by atoms with Crippen LogP contribution >= 0.6 is 0 Å². The normalized spacial score (nSPS) is 17.8. The second-order valence-corrected chi connectivity index (χ2v) is 4.34. The molecule has 0 aromatic carbocycles. The monoisotopic (exact) mass is 273 g/mol. The lowest BCUT2D eigenvalue weighted by molar-refractivity contribution is -0.137. The fraction of sp³-hybridized carbons (Fsp3) is 0.727. The predicted molar refractivity (Wildman–Crippen MR) is 65.6 cm³/mol. The highest BCUT2D eigenvalue weighted by atomic mass is 16.5. The largest absolute Gasteiger partial charge is 0.480 e. The van der Waals surface area contributed by atoms with E-state index in [1.165, 1.54) is 4.90 Å². The molecule has 3 amide bonds. The van der Waals surface area contributed by atoms with Gasteiger partial charge in [0, 0.05) is 20.2 Å². The van der Waals surface area contributed by atoms with Gasteiger partial charge in [0.2, 0.25) is 5.91 Å². The molecule has 0 saturated carbocycles.